The summed E-state index contributed by atoms with van der Waals surface area (Å²) < 4.78 is 0. The molecule has 8 heteroatoms. The molecule has 3 rings (SSSR count). The molecule has 1 aromatic rings. The highest BCUT2D eigenvalue weighted by molar-refractivity contribution is 14.0. The Morgan fingerprint density at radius 2 is 2.03 bits per heavy atom. The predicted molar refractivity (Wildman–Crippen MR) is 128 cm³/mol. The number of aliphatic hydroxyl groups is 1. The van der Waals surface area contributed by atoms with Crippen LogP contribution in [0.5, 0.6) is 0 Å². The summed E-state index contributed by atoms with van der Waals surface area (Å²) in [6, 6.07) is 7.45. The van der Waals surface area contributed by atoms with E-state index in [0.29, 0.717) is 29.0 Å². The van der Waals surface area contributed by atoms with Crippen LogP contribution in [0.3, 0.4) is 0 Å². The van der Waals surface area contributed by atoms with Crippen molar-refractivity contribution in [2.24, 2.45) is 10.9 Å². The van der Waals surface area contributed by atoms with Gasteiger partial charge >= 0.3 is 0 Å². The number of hydrogen-bond acceptors (Lipinski definition) is 3. The smallest absolute Gasteiger partial charge is 0.225 e. The van der Waals surface area contributed by atoms with Gasteiger partial charge in [0.1, 0.15) is 6.10 Å². The van der Waals surface area contributed by atoms with Crippen LogP contribution in [-0.2, 0) is 4.79 Å². The van der Waals surface area contributed by atoms with Gasteiger partial charge in [-0.05, 0) is 32.3 Å². The number of likely N-dealkylation sites (tertiary alicyclic amines) is 1. The summed E-state index contributed by atoms with van der Waals surface area (Å²) >= 11 is 6.16. The second kappa shape index (κ2) is 12.0. The van der Waals surface area contributed by atoms with Crippen molar-refractivity contribution in [3.63, 3.8) is 0 Å². The number of aliphatic imine (C=N–C) groups is 1. The Kier molecular flexibility index (Phi) is 9.98. The Morgan fingerprint density at radius 3 is 2.72 bits per heavy atom. The van der Waals surface area contributed by atoms with E-state index in [9.17, 15) is 9.90 Å². The number of nitrogens with one attached hydrogen (secondary N) is 2. The quantitative estimate of drug-likeness (QED) is 0.297. The number of amides is 1. The zero-order valence-corrected chi connectivity index (χ0v) is 20.0. The minimum Gasteiger partial charge on any atom is -0.386 e. The van der Waals surface area contributed by atoms with Crippen LogP contribution in [0, 0.1) is 5.92 Å². The molecule has 2 unspecified atom stereocenters. The molecule has 3 N–H and O–H groups in total. The van der Waals surface area contributed by atoms with Gasteiger partial charge in [0.15, 0.2) is 5.96 Å². The van der Waals surface area contributed by atoms with Crippen molar-refractivity contribution in [1.82, 2.24) is 15.5 Å². The summed E-state index contributed by atoms with van der Waals surface area (Å²) in [6.07, 6.45) is 4.59. The summed E-state index contributed by atoms with van der Waals surface area (Å²) in [5.41, 5.74) is 0.679. The maximum atomic E-state index is 12.6. The van der Waals surface area contributed by atoms with Crippen LogP contribution in [-0.4, -0.2) is 54.1 Å². The number of carbonyl (C=O) groups is 1. The molecule has 0 aromatic heterocycles. The van der Waals surface area contributed by atoms with Gasteiger partial charge in [-0.1, -0.05) is 42.6 Å². The normalized spacial score (nSPS) is 21.0. The van der Waals surface area contributed by atoms with Crippen LogP contribution in [0.2, 0.25) is 5.02 Å². The fourth-order valence-corrected chi connectivity index (χ4v) is 4.31. The Bertz CT molecular complexity index is 697. The van der Waals surface area contributed by atoms with Crippen molar-refractivity contribution in [3.05, 3.63) is 34.9 Å². The predicted octanol–water partition coefficient (Wildman–Crippen LogP) is 3.34. The van der Waals surface area contributed by atoms with E-state index < -0.39 is 6.10 Å². The van der Waals surface area contributed by atoms with E-state index >= 15 is 0 Å². The molecule has 0 spiro atoms. The van der Waals surface area contributed by atoms with E-state index in [-0.39, 0.29) is 42.5 Å². The Hall–Kier alpha value is -1.06. The van der Waals surface area contributed by atoms with Crippen molar-refractivity contribution in [3.8, 4) is 0 Å². The van der Waals surface area contributed by atoms with E-state index in [4.69, 9.17) is 11.6 Å². The van der Waals surface area contributed by atoms with Crippen molar-refractivity contribution in [2.45, 2.75) is 51.2 Å². The zero-order valence-electron chi connectivity index (χ0n) is 16.9. The summed E-state index contributed by atoms with van der Waals surface area (Å²) in [4.78, 5) is 19.1. The van der Waals surface area contributed by atoms with Crippen LogP contribution >= 0.6 is 35.6 Å². The topological polar surface area (TPSA) is 77.0 Å². The summed E-state index contributed by atoms with van der Waals surface area (Å²) in [7, 11) is 0. The Morgan fingerprint density at radius 1 is 1.31 bits per heavy atom. The van der Waals surface area contributed by atoms with Gasteiger partial charge < -0.3 is 20.6 Å². The fourth-order valence-electron chi connectivity index (χ4n) is 4.04. The first-order valence-corrected chi connectivity index (χ1v) is 10.7. The number of rotatable bonds is 6. The van der Waals surface area contributed by atoms with Gasteiger partial charge in [-0.15, -0.1) is 24.0 Å². The molecule has 1 saturated carbocycles. The second-order valence-corrected chi connectivity index (χ2v) is 8.06. The van der Waals surface area contributed by atoms with Crippen LogP contribution in [0.15, 0.2) is 29.3 Å². The van der Waals surface area contributed by atoms with Crippen LogP contribution in [0.1, 0.15) is 50.7 Å². The number of hydrogen-bond donors (Lipinski definition) is 3. The van der Waals surface area contributed by atoms with Crippen LogP contribution in [0.4, 0.5) is 0 Å². The number of benzene rings is 1. The van der Waals surface area contributed by atoms with E-state index in [2.05, 4.69) is 15.6 Å². The van der Waals surface area contributed by atoms with Gasteiger partial charge in [-0.2, -0.15) is 0 Å². The van der Waals surface area contributed by atoms with Gasteiger partial charge in [-0.3, -0.25) is 9.79 Å². The largest absolute Gasteiger partial charge is 0.386 e. The number of nitrogens with zero attached hydrogens (tertiary/aromatic N) is 2. The molecular formula is C21H32ClIN4O2. The summed E-state index contributed by atoms with van der Waals surface area (Å²) in [5, 5.41) is 17.6. The van der Waals surface area contributed by atoms with Crippen molar-refractivity contribution in [1.29, 1.82) is 0 Å². The lowest BCUT2D eigenvalue weighted by Gasteiger charge is -2.21. The molecular weight excluding hydrogens is 503 g/mol. The fraction of sp³-hybridized carbons (Fsp3) is 0.619. The van der Waals surface area contributed by atoms with Crippen LogP contribution in [0.25, 0.3) is 0 Å². The number of carbonyl (C=O) groups excluding carboxylic acids is 1. The molecule has 1 aromatic carbocycles. The highest BCUT2D eigenvalue weighted by atomic mass is 127. The van der Waals surface area contributed by atoms with Gasteiger partial charge in [0.05, 0.1) is 6.54 Å². The standard InChI is InChI=1S/C21H31ClN4O2.HI/c1-2-23-21(24-13-19(27)17-9-5-6-10-18(17)22)25-16-11-12-26(14-16)20(28)15-7-3-4-8-15;/h5-6,9-10,15-16,19,27H,2-4,7-8,11-14H2,1H3,(H2,23,24,25);1H. The van der Waals surface area contributed by atoms with Crippen molar-refractivity contribution < 1.29 is 9.90 Å². The molecule has 0 radical (unpaired) electrons. The number of guanidine groups is 1. The molecule has 1 saturated heterocycles. The van der Waals surface area contributed by atoms with Crippen molar-refractivity contribution >= 4 is 47.4 Å². The van der Waals surface area contributed by atoms with Gasteiger partial charge in [0.2, 0.25) is 5.91 Å². The lowest BCUT2D eigenvalue weighted by atomic mass is 10.1. The maximum absolute atomic E-state index is 12.6. The Labute approximate surface area is 195 Å². The minimum atomic E-state index is -0.756. The van der Waals surface area contributed by atoms with E-state index in [1.807, 2.05) is 30.0 Å². The highest BCUT2D eigenvalue weighted by Crippen LogP contribution is 2.28. The van der Waals surface area contributed by atoms with Gasteiger partial charge in [-0.25, -0.2) is 0 Å². The Balaban J connectivity index is 0.00000300. The maximum Gasteiger partial charge on any atom is 0.225 e. The summed E-state index contributed by atoms with van der Waals surface area (Å²) in [5.74, 6) is 1.21. The second-order valence-electron chi connectivity index (χ2n) is 7.65. The molecule has 6 nitrogen and oxygen atoms in total. The molecule has 29 heavy (non-hydrogen) atoms. The van der Waals surface area contributed by atoms with E-state index in [1.165, 1.54) is 12.8 Å². The van der Waals surface area contributed by atoms with Crippen molar-refractivity contribution in [2.75, 3.05) is 26.2 Å². The monoisotopic (exact) mass is 534 g/mol. The number of halogens is 2. The van der Waals surface area contributed by atoms with E-state index in [1.54, 1.807) is 6.07 Å². The first-order valence-electron chi connectivity index (χ1n) is 10.3. The molecule has 1 aliphatic carbocycles. The van der Waals surface area contributed by atoms with Gasteiger partial charge in [0.25, 0.3) is 0 Å². The lowest BCUT2D eigenvalue weighted by molar-refractivity contribution is -0.134. The number of aliphatic hydroxyl groups excluding tert-OH is 1. The average molecular weight is 535 g/mol. The molecule has 2 aliphatic rings. The van der Waals surface area contributed by atoms with E-state index in [0.717, 1.165) is 32.4 Å². The lowest BCUT2D eigenvalue weighted by Crippen LogP contribution is -2.45. The third kappa shape index (κ3) is 6.72. The molecule has 162 valence electrons. The molecule has 1 aliphatic heterocycles. The average Bonchev–Trinajstić information content (AvgIpc) is 3.38. The molecule has 0 bridgehead atoms. The highest BCUT2D eigenvalue weighted by Gasteiger charge is 2.32. The molecule has 1 amide bonds. The zero-order chi connectivity index (χ0) is 19.9. The third-order valence-electron chi connectivity index (χ3n) is 5.58. The SMILES string of the molecule is CCNC(=NCC(O)c1ccccc1Cl)NC1CCN(C(=O)C2CCCC2)C1.I. The first-order chi connectivity index (χ1) is 13.6. The molecule has 2 atom stereocenters. The summed E-state index contributed by atoms with van der Waals surface area (Å²) in [6.45, 7) is 4.47. The molecule has 1 heterocycles. The van der Waals surface area contributed by atoms with Gasteiger partial charge in [0, 0.05) is 42.2 Å². The minimum absolute atomic E-state index is 0. The van der Waals surface area contributed by atoms with Crippen LogP contribution < -0.4 is 10.6 Å². The molecule has 2 fully saturated rings. The third-order valence-corrected chi connectivity index (χ3v) is 5.92. The first kappa shape index (κ1) is 24.2.